The quantitative estimate of drug-likeness (QED) is 0.799. The Kier molecular flexibility index (Phi) is 6.65. The van der Waals surface area contributed by atoms with Crippen molar-refractivity contribution in [2.75, 3.05) is 5.75 Å². The van der Waals surface area contributed by atoms with Crippen LogP contribution in [0.3, 0.4) is 0 Å². The van der Waals surface area contributed by atoms with E-state index in [0.29, 0.717) is 23.2 Å². The number of aryl methyl sites for hydroxylation is 1. The second-order valence-corrected chi connectivity index (χ2v) is 6.61. The van der Waals surface area contributed by atoms with Crippen molar-refractivity contribution >= 4 is 17.7 Å². The van der Waals surface area contributed by atoms with Gasteiger partial charge in [-0.15, -0.1) is 11.8 Å². The zero-order valence-corrected chi connectivity index (χ0v) is 14.7. The number of amides is 1. The summed E-state index contributed by atoms with van der Waals surface area (Å²) >= 11 is 1.48. The molecule has 0 spiro atoms. The lowest BCUT2D eigenvalue weighted by Crippen LogP contribution is -2.33. The summed E-state index contributed by atoms with van der Waals surface area (Å²) in [5.74, 6) is 2.11. The molecule has 2 aromatic rings. The van der Waals surface area contributed by atoms with Gasteiger partial charge in [0.25, 0.3) is 0 Å². The van der Waals surface area contributed by atoms with E-state index in [4.69, 9.17) is 4.52 Å². The third-order valence-electron chi connectivity index (χ3n) is 3.37. The molecular weight excluding hydrogens is 310 g/mol. The number of nitrogens with one attached hydrogen (secondary N) is 1. The summed E-state index contributed by atoms with van der Waals surface area (Å²) in [4.78, 5) is 16.1. The molecule has 0 aliphatic carbocycles. The Morgan fingerprint density at radius 2 is 2.09 bits per heavy atom. The molecule has 5 nitrogen and oxygen atoms in total. The van der Waals surface area contributed by atoms with Gasteiger partial charge in [0.15, 0.2) is 0 Å². The highest BCUT2D eigenvalue weighted by atomic mass is 32.2. The summed E-state index contributed by atoms with van der Waals surface area (Å²) in [5, 5.41) is 6.96. The molecule has 0 aliphatic heterocycles. The lowest BCUT2D eigenvalue weighted by Gasteiger charge is -2.11. The fraction of sp³-hybridized carbons (Fsp3) is 0.471. The molecule has 0 saturated heterocycles. The van der Waals surface area contributed by atoms with Crippen LogP contribution in [0.2, 0.25) is 0 Å². The molecule has 2 rings (SSSR count). The number of carbonyl (C=O) groups excluding carboxylic acids is 1. The minimum atomic E-state index is 0.0502. The number of aromatic nitrogens is 2. The molecule has 1 N–H and O–H groups in total. The van der Waals surface area contributed by atoms with E-state index in [1.807, 2.05) is 38.1 Å². The zero-order valence-electron chi connectivity index (χ0n) is 13.8. The molecule has 1 unspecified atom stereocenters. The van der Waals surface area contributed by atoms with Gasteiger partial charge in [-0.05, 0) is 20.3 Å². The van der Waals surface area contributed by atoms with Crippen molar-refractivity contribution in [1.29, 1.82) is 0 Å². The fourth-order valence-corrected chi connectivity index (χ4v) is 2.85. The number of hydrogen-bond donors (Lipinski definition) is 1. The second-order valence-electron chi connectivity index (χ2n) is 5.63. The Balaban J connectivity index is 1.79. The predicted octanol–water partition coefficient (Wildman–Crippen LogP) is 3.58. The van der Waals surface area contributed by atoms with Crippen molar-refractivity contribution in [3.63, 3.8) is 0 Å². The van der Waals surface area contributed by atoms with Gasteiger partial charge < -0.3 is 9.84 Å². The minimum absolute atomic E-state index is 0.0502. The highest BCUT2D eigenvalue weighted by Crippen LogP contribution is 2.18. The van der Waals surface area contributed by atoms with Crippen molar-refractivity contribution in [1.82, 2.24) is 15.5 Å². The number of hydrogen-bond acceptors (Lipinski definition) is 5. The van der Waals surface area contributed by atoms with Crippen LogP contribution in [0.25, 0.3) is 11.4 Å². The van der Waals surface area contributed by atoms with E-state index in [2.05, 4.69) is 22.4 Å². The van der Waals surface area contributed by atoms with Gasteiger partial charge in [-0.25, -0.2) is 0 Å². The number of benzene rings is 1. The van der Waals surface area contributed by atoms with E-state index in [1.165, 1.54) is 17.3 Å². The van der Waals surface area contributed by atoms with Gasteiger partial charge in [0.2, 0.25) is 17.6 Å². The minimum Gasteiger partial charge on any atom is -0.353 e. The van der Waals surface area contributed by atoms with Crippen LogP contribution in [0.5, 0.6) is 0 Å². The standard InChI is InChI=1S/C17H23N3O2S/c1-4-5-13(3)18-15(21)10-23-11-16-19-17(20-22-16)14-8-6-12(2)7-9-14/h6-9,13H,4-5,10-11H2,1-3H3,(H,18,21). The second kappa shape index (κ2) is 8.72. The van der Waals surface area contributed by atoms with Crippen molar-refractivity contribution in [2.24, 2.45) is 0 Å². The van der Waals surface area contributed by atoms with Crippen LogP contribution < -0.4 is 5.32 Å². The molecule has 1 aromatic carbocycles. The topological polar surface area (TPSA) is 68.0 Å². The molecule has 0 radical (unpaired) electrons. The van der Waals surface area contributed by atoms with E-state index < -0.39 is 0 Å². The summed E-state index contributed by atoms with van der Waals surface area (Å²) in [6, 6.07) is 8.20. The number of carbonyl (C=O) groups is 1. The maximum atomic E-state index is 11.8. The highest BCUT2D eigenvalue weighted by Gasteiger charge is 2.10. The van der Waals surface area contributed by atoms with Gasteiger partial charge in [0.1, 0.15) is 0 Å². The van der Waals surface area contributed by atoms with Crippen molar-refractivity contribution in [3.8, 4) is 11.4 Å². The maximum absolute atomic E-state index is 11.8. The molecule has 0 fully saturated rings. The largest absolute Gasteiger partial charge is 0.353 e. The fourth-order valence-electron chi connectivity index (χ4n) is 2.19. The normalized spacial score (nSPS) is 12.1. The van der Waals surface area contributed by atoms with Gasteiger partial charge in [0, 0.05) is 11.6 Å². The molecule has 1 heterocycles. The monoisotopic (exact) mass is 333 g/mol. The molecule has 124 valence electrons. The number of thioether (sulfide) groups is 1. The Hall–Kier alpha value is -1.82. The smallest absolute Gasteiger partial charge is 0.236 e. The van der Waals surface area contributed by atoms with Crippen molar-refractivity contribution < 1.29 is 9.32 Å². The Bertz CT molecular complexity index is 625. The lowest BCUT2D eigenvalue weighted by atomic mass is 10.1. The average molecular weight is 333 g/mol. The third kappa shape index (κ3) is 5.71. The summed E-state index contributed by atoms with van der Waals surface area (Å²) < 4.78 is 5.24. The van der Waals surface area contributed by atoms with Crippen LogP contribution in [0.15, 0.2) is 28.8 Å². The predicted molar refractivity (Wildman–Crippen MR) is 93.1 cm³/mol. The first-order valence-corrected chi connectivity index (χ1v) is 9.00. The molecule has 0 bridgehead atoms. The summed E-state index contributed by atoms with van der Waals surface area (Å²) in [6.45, 7) is 6.17. The molecule has 1 atom stereocenters. The highest BCUT2D eigenvalue weighted by molar-refractivity contribution is 7.99. The van der Waals surface area contributed by atoms with Crippen LogP contribution in [-0.4, -0.2) is 27.8 Å². The number of rotatable bonds is 8. The van der Waals surface area contributed by atoms with Gasteiger partial charge in [-0.2, -0.15) is 4.98 Å². The third-order valence-corrected chi connectivity index (χ3v) is 4.28. The zero-order chi connectivity index (χ0) is 16.7. The van der Waals surface area contributed by atoms with Crippen molar-refractivity contribution in [3.05, 3.63) is 35.7 Å². The van der Waals surface area contributed by atoms with Gasteiger partial charge in [-0.1, -0.05) is 48.3 Å². The Labute approximate surface area is 141 Å². The Morgan fingerprint density at radius 3 is 2.78 bits per heavy atom. The summed E-state index contributed by atoms with van der Waals surface area (Å²) in [7, 11) is 0. The van der Waals surface area contributed by atoms with Gasteiger partial charge in [-0.3, -0.25) is 4.79 Å². The molecule has 23 heavy (non-hydrogen) atoms. The van der Waals surface area contributed by atoms with Gasteiger partial charge in [0.05, 0.1) is 11.5 Å². The van der Waals surface area contributed by atoms with E-state index in [-0.39, 0.29) is 11.9 Å². The lowest BCUT2D eigenvalue weighted by molar-refractivity contribution is -0.119. The van der Waals surface area contributed by atoms with Crippen LogP contribution in [0.1, 0.15) is 38.1 Å². The van der Waals surface area contributed by atoms with Crippen LogP contribution in [-0.2, 0) is 10.5 Å². The first kappa shape index (κ1) is 17.5. The molecule has 0 saturated carbocycles. The Morgan fingerprint density at radius 1 is 1.35 bits per heavy atom. The van der Waals surface area contributed by atoms with Crippen LogP contribution >= 0.6 is 11.8 Å². The SMILES string of the molecule is CCCC(C)NC(=O)CSCc1nc(-c2ccc(C)cc2)no1. The van der Waals surface area contributed by atoms with Crippen molar-refractivity contribution in [2.45, 2.75) is 45.4 Å². The molecule has 6 heteroatoms. The van der Waals surface area contributed by atoms with E-state index >= 15 is 0 Å². The first-order valence-electron chi connectivity index (χ1n) is 7.85. The first-order chi connectivity index (χ1) is 11.1. The maximum Gasteiger partial charge on any atom is 0.236 e. The molecule has 1 amide bonds. The molecule has 1 aromatic heterocycles. The summed E-state index contributed by atoms with van der Waals surface area (Å²) in [6.07, 6.45) is 2.07. The molecule has 0 aliphatic rings. The number of nitrogens with zero attached hydrogens (tertiary/aromatic N) is 2. The average Bonchev–Trinajstić information content (AvgIpc) is 2.97. The summed E-state index contributed by atoms with van der Waals surface area (Å²) in [5.41, 5.74) is 2.12. The van der Waals surface area contributed by atoms with E-state index in [0.717, 1.165) is 18.4 Å². The van der Waals surface area contributed by atoms with E-state index in [9.17, 15) is 4.79 Å². The molecular formula is C17H23N3O2S. The van der Waals surface area contributed by atoms with E-state index in [1.54, 1.807) is 0 Å². The van der Waals surface area contributed by atoms with Gasteiger partial charge >= 0.3 is 0 Å². The van der Waals surface area contributed by atoms with Crippen LogP contribution in [0, 0.1) is 6.92 Å². The van der Waals surface area contributed by atoms with Crippen LogP contribution in [0.4, 0.5) is 0 Å².